The summed E-state index contributed by atoms with van der Waals surface area (Å²) in [4.78, 5) is 4.35. The third-order valence-electron chi connectivity index (χ3n) is 17.5. The quantitative estimate of drug-likeness (QED) is 0.0732. The van der Waals surface area contributed by atoms with E-state index in [2.05, 4.69) is 17.1 Å². The minimum Gasteiger partial charge on any atom is -0.506 e. The first-order valence-corrected chi connectivity index (χ1v) is 33.4. The maximum absolute atomic E-state index is 13.1. The van der Waals surface area contributed by atoms with Gasteiger partial charge in [0.1, 0.15) is 11.4 Å². The van der Waals surface area contributed by atoms with E-state index in [0.717, 1.165) is 91.2 Å². The van der Waals surface area contributed by atoms with Gasteiger partial charge >= 0.3 is 24.7 Å². The Morgan fingerprint density at radius 2 is 0.748 bits per heavy atom. The summed E-state index contributed by atoms with van der Waals surface area (Å²) in [5, 5.41) is 50.5. The van der Waals surface area contributed by atoms with Gasteiger partial charge in [0.25, 0.3) is 0 Å². The summed E-state index contributed by atoms with van der Waals surface area (Å²) in [5.74, 6) is -0.132. The molecule has 12 rings (SSSR count). The lowest BCUT2D eigenvalue weighted by Gasteiger charge is -2.12. The minimum absolute atomic E-state index is 0.132. The van der Waals surface area contributed by atoms with Crippen LogP contribution < -0.4 is 0 Å². The molecule has 0 amide bonds. The molecule has 0 spiro atoms. The number of aliphatic hydroxyl groups is 1. The number of allylic oxidation sites excluding steroid dienone is 5. The fraction of sp³-hybridized carbons (Fsp3) is 0.202. The van der Waals surface area contributed by atoms with Gasteiger partial charge in [-0.2, -0.15) is 73.7 Å². The van der Waals surface area contributed by atoms with Crippen LogP contribution in [0.25, 0.3) is 66.2 Å². The number of alkyl halides is 12. The third-order valence-corrected chi connectivity index (χ3v) is 18.0. The van der Waals surface area contributed by atoms with Crippen LogP contribution in [0.3, 0.4) is 0 Å². The predicted octanol–water partition coefficient (Wildman–Crippen LogP) is 24.0. The van der Waals surface area contributed by atoms with Crippen LogP contribution in [0.2, 0.25) is 0 Å². The molecule has 0 unspecified atom stereocenters. The van der Waals surface area contributed by atoms with Gasteiger partial charge in [0, 0.05) is 134 Å². The molecule has 0 saturated heterocycles. The average Bonchev–Trinajstić information content (AvgIpc) is 1.68. The monoisotopic (exact) mass is 1480 g/mol. The Bertz CT molecular complexity index is 5260. The van der Waals surface area contributed by atoms with Crippen molar-refractivity contribution in [1.82, 2.24) is 23.3 Å². The van der Waals surface area contributed by atoms with Crippen LogP contribution in [-0.2, 0) is 50.9 Å². The summed E-state index contributed by atoms with van der Waals surface area (Å²) in [7, 11) is 0. The van der Waals surface area contributed by atoms with Crippen LogP contribution in [0.1, 0.15) is 124 Å². The van der Waals surface area contributed by atoms with Gasteiger partial charge < -0.3 is 23.4 Å². The molecule has 23 heteroatoms. The average molecular weight is 1480 g/mol. The number of aryl methyl sites for hydroxylation is 4. The zero-order valence-electron chi connectivity index (χ0n) is 59.2. The van der Waals surface area contributed by atoms with Gasteiger partial charge in [0.15, 0.2) is 0 Å². The SMILES string of the molecule is C/C(C#N)=C(\C)c1cn(Cc2cc(C)cc(C(F)(F)F)c2)c2ccccc12.C/C(C#N)=C(\Cl)c1cn(Cc2cc(C)cc(C(F)(F)F)c2)c2ccccc12.C/C(C#N)=C(\O)c1cn(Cc2cc(C)cc(C(F)(F)F)c2)c2ccccc12.C/C(C#N)=C/c1cn(Cc2cc(C)cc(C(F)(F)F)c2)c2ncccc12. The molecule has 546 valence electrons. The smallest absolute Gasteiger partial charge is 0.416 e. The van der Waals surface area contributed by atoms with Crippen molar-refractivity contribution >= 4 is 77.8 Å². The summed E-state index contributed by atoms with van der Waals surface area (Å²) in [5.41, 5.74) is 10.5. The number of para-hydroxylation sites is 3. The topological polar surface area (TPSA) is 148 Å². The van der Waals surface area contributed by atoms with Crippen LogP contribution in [0.4, 0.5) is 52.7 Å². The summed E-state index contributed by atoms with van der Waals surface area (Å²) in [6.07, 6.45) is -6.98. The van der Waals surface area contributed by atoms with E-state index in [1.165, 1.54) is 19.1 Å². The zero-order chi connectivity index (χ0) is 78.2. The molecular weight excluding hydrogens is 1410 g/mol. The molecule has 0 fully saturated rings. The highest BCUT2D eigenvalue weighted by Crippen LogP contribution is 2.39. The van der Waals surface area contributed by atoms with Crippen molar-refractivity contribution in [1.29, 1.82) is 21.0 Å². The maximum atomic E-state index is 13.1. The number of aliphatic hydroxyl groups excluding tert-OH is 1. The second-order valence-electron chi connectivity index (χ2n) is 25.9. The molecular formula is C84H68ClF12N9O. The Balaban J connectivity index is 0.000000165. The van der Waals surface area contributed by atoms with Crippen molar-refractivity contribution in [3.8, 4) is 24.3 Å². The first-order valence-electron chi connectivity index (χ1n) is 33.0. The fourth-order valence-electron chi connectivity index (χ4n) is 12.5. The summed E-state index contributed by atoms with van der Waals surface area (Å²) in [6, 6.07) is 50.5. The van der Waals surface area contributed by atoms with Crippen molar-refractivity contribution in [2.45, 2.75) is 113 Å². The van der Waals surface area contributed by atoms with Gasteiger partial charge in [0.2, 0.25) is 0 Å². The number of halogens is 13. The molecule has 0 saturated carbocycles. The van der Waals surface area contributed by atoms with E-state index >= 15 is 0 Å². The lowest BCUT2D eigenvalue weighted by atomic mass is 10.0. The zero-order valence-corrected chi connectivity index (χ0v) is 59.9. The highest BCUT2D eigenvalue weighted by Gasteiger charge is 2.34. The molecule has 0 atom stereocenters. The molecule has 5 aromatic heterocycles. The van der Waals surface area contributed by atoms with Gasteiger partial charge in [-0.15, -0.1) is 0 Å². The largest absolute Gasteiger partial charge is 0.506 e. The maximum Gasteiger partial charge on any atom is 0.416 e. The van der Waals surface area contributed by atoms with Crippen molar-refractivity contribution < 1.29 is 57.8 Å². The van der Waals surface area contributed by atoms with Crippen molar-refractivity contribution in [3.05, 3.63) is 300 Å². The van der Waals surface area contributed by atoms with Crippen molar-refractivity contribution in [3.63, 3.8) is 0 Å². The standard InChI is InChI=1S/C22H19F3N2.C21H16ClF3N2.C21H17F3N2O.C20H16F3N3/c1-14-8-17(10-18(9-14)22(23,24)25)12-27-13-20(16(3)15(2)11-26)19-6-4-5-7-21(19)27;1-13-7-15(9-16(8-13)21(23,24)25)11-27-12-18(20(22)14(2)10-26)17-5-3-4-6-19(17)27;1-13-7-15(9-16(8-13)21(22,23)24)11-26-12-18(20(27)14(2)10-25)17-5-3-4-6-19(17)26;1-13-6-15(9-17(8-13)20(21,22)23)11-26-12-16(7-14(2)10-24)18-4-3-5-25-19(18)26/h4-10,13H,12H2,1-3H3;3-9,12H,11H2,1-2H3;3-9,12,27H,11H2,1-2H3;3-9,12H,11H2,1-2H3/b16-15-;2*20-14+;14-7-. The molecule has 107 heavy (non-hydrogen) atoms. The molecule has 0 aliphatic heterocycles. The van der Waals surface area contributed by atoms with Gasteiger partial charge in [-0.05, 0) is 175 Å². The van der Waals surface area contributed by atoms with Crippen molar-refractivity contribution in [2.24, 2.45) is 0 Å². The second kappa shape index (κ2) is 32.6. The Kier molecular flexibility index (Phi) is 24.1. The lowest BCUT2D eigenvalue weighted by Crippen LogP contribution is -2.07. The number of nitriles is 4. The van der Waals surface area contributed by atoms with Gasteiger partial charge in [-0.25, -0.2) is 4.98 Å². The summed E-state index contributed by atoms with van der Waals surface area (Å²) >= 11 is 6.36. The summed E-state index contributed by atoms with van der Waals surface area (Å²) in [6.45, 7) is 16.1. The number of rotatable bonds is 12. The van der Waals surface area contributed by atoms with Crippen LogP contribution in [-0.4, -0.2) is 28.4 Å². The Morgan fingerprint density at radius 1 is 0.411 bits per heavy atom. The molecule has 10 nitrogen and oxygen atoms in total. The number of fused-ring (bicyclic) bond motifs is 4. The first kappa shape index (κ1) is 79.1. The number of hydrogen-bond donors (Lipinski definition) is 1. The lowest BCUT2D eigenvalue weighted by molar-refractivity contribution is -0.138. The minimum atomic E-state index is -4.41. The van der Waals surface area contributed by atoms with E-state index in [1.54, 1.807) is 125 Å². The number of hydrogen-bond acceptors (Lipinski definition) is 6. The molecule has 0 aliphatic carbocycles. The molecule has 12 aromatic rings. The normalized spacial score (nSPS) is 12.7. The van der Waals surface area contributed by atoms with Gasteiger partial charge in [-0.1, -0.05) is 113 Å². The molecule has 1 N–H and O–H groups in total. The summed E-state index contributed by atoms with van der Waals surface area (Å²) < 4.78 is 165. The van der Waals surface area contributed by atoms with E-state index in [4.69, 9.17) is 27.4 Å². The fourth-order valence-corrected chi connectivity index (χ4v) is 12.7. The molecule has 0 aliphatic rings. The van der Waals surface area contributed by atoms with E-state index in [9.17, 15) is 63.1 Å². The number of aromatic nitrogens is 5. The van der Waals surface area contributed by atoms with Crippen LogP contribution >= 0.6 is 11.6 Å². The van der Waals surface area contributed by atoms with E-state index in [-0.39, 0.29) is 31.0 Å². The Labute approximate surface area is 614 Å². The number of pyridine rings is 1. The number of nitrogens with zero attached hydrogens (tertiary/aromatic N) is 9. The third kappa shape index (κ3) is 19.1. The predicted molar refractivity (Wildman–Crippen MR) is 395 cm³/mol. The van der Waals surface area contributed by atoms with Crippen molar-refractivity contribution in [2.75, 3.05) is 0 Å². The van der Waals surface area contributed by atoms with Crippen LogP contribution in [0.15, 0.2) is 211 Å². The van der Waals surface area contributed by atoms with Crippen LogP contribution in [0.5, 0.6) is 0 Å². The van der Waals surface area contributed by atoms with E-state index in [1.807, 2.05) is 107 Å². The van der Waals surface area contributed by atoms with Crippen LogP contribution in [0, 0.1) is 73.0 Å². The van der Waals surface area contributed by atoms with Gasteiger partial charge in [-0.3, -0.25) is 0 Å². The van der Waals surface area contributed by atoms with E-state index in [0.29, 0.717) is 89.6 Å². The number of benzene rings is 7. The Hall–Kier alpha value is -12.0. The highest BCUT2D eigenvalue weighted by atomic mass is 35.5. The molecule has 7 aromatic carbocycles. The van der Waals surface area contributed by atoms with E-state index < -0.39 is 47.0 Å². The molecule has 5 heterocycles. The Morgan fingerprint density at radius 3 is 1.12 bits per heavy atom. The highest BCUT2D eigenvalue weighted by molar-refractivity contribution is 6.50. The molecule has 0 radical (unpaired) electrons. The first-order chi connectivity index (χ1) is 50.4. The van der Waals surface area contributed by atoms with Gasteiger partial charge in [0.05, 0.1) is 57.1 Å². The second-order valence-corrected chi connectivity index (χ2v) is 26.3. The molecule has 0 bridgehead atoms.